The Bertz CT molecular complexity index is 240. The molecule has 2 saturated heterocycles. The van der Waals surface area contributed by atoms with Crippen LogP contribution in [0, 0.1) is 5.41 Å². The Morgan fingerprint density at radius 2 is 2.21 bits per heavy atom. The topological polar surface area (TPSA) is 32.8 Å². The van der Waals surface area contributed by atoms with Crippen LogP contribution < -0.4 is 0 Å². The van der Waals surface area contributed by atoms with Crippen molar-refractivity contribution in [2.45, 2.75) is 19.3 Å². The van der Waals surface area contributed by atoms with Crippen LogP contribution in [-0.2, 0) is 9.63 Å². The molecule has 0 saturated carbocycles. The van der Waals surface area contributed by atoms with E-state index in [2.05, 4.69) is 4.90 Å². The minimum Gasteiger partial charge on any atom is -0.302 e. The van der Waals surface area contributed by atoms with Crippen LogP contribution in [0.25, 0.3) is 0 Å². The van der Waals surface area contributed by atoms with Crippen LogP contribution in [0.4, 0.5) is 0 Å². The maximum Gasteiger partial charge on any atom is 0.253 e. The van der Waals surface area contributed by atoms with E-state index in [-0.39, 0.29) is 11.3 Å². The number of piperidine rings is 1. The van der Waals surface area contributed by atoms with Crippen LogP contribution in [0.2, 0.25) is 0 Å². The van der Waals surface area contributed by atoms with Gasteiger partial charge >= 0.3 is 0 Å². The van der Waals surface area contributed by atoms with Crippen LogP contribution in [0.15, 0.2) is 0 Å². The number of rotatable bonds is 2. The Kier molecular flexibility index (Phi) is 2.49. The summed E-state index contributed by atoms with van der Waals surface area (Å²) in [5.41, 5.74) is -0.136. The molecule has 80 valence electrons. The van der Waals surface area contributed by atoms with Crippen molar-refractivity contribution in [2.24, 2.45) is 5.41 Å². The zero-order valence-corrected chi connectivity index (χ0v) is 8.95. The average molecular weight is 198 g/mol. The molecular formula is C10H18N2O2. The van der Waals surface area contributed by atoms with Crippen LogP contribution >= 0.6 is 0 Å². The van der Waals surface area contributed by atoms with E-state index in [1.54, 1.807) is 14.2 Å². The number of hydrogen-bond donors (Lipinski definition) is 0. The molecule has 2 fully saturated rings. The van der Waals surface area contributed by atoms with Gasteiger partial charge in [0.05, 0.1) is 12.5 Å². The molecule has 14 heavy (non-hydrogen) atoms. The summed E-state index contributed by atoms with van der Waals surface area (Å²) in [4.78, 5) is 19.4. The minimum absolute atomic E-state index is 0.136. The lowest BCUT2D eigenvalue weighted by Gasteiger charge is -2.34. The predicted molar refractivity (Wildman–Crippen MR) is 52.5 cm³/mol. The lowest BCUT2D eigenvalue weighted by Crippen LogP contribution is -2.46. The Morgan fingerprint density at radius 3 is 2.93 bits per heavy atom. The van der Waals surface area contributed by atoms with Crippen LogP contribution in [0.5, 0.6) is 0 Å². The summed E-state index contributed by atoms with van der Waals surface area (Å²) in [6.45, 7) is 3.16. The van der Waals surface area contributed by atoms with Crippen molar-refractivity contribution in [1.82, 2.24) is 9.96 Å². The van der Waals surface area contributed by atoms with Gasteiger partial charge in [-0.25, -0.2) is 5.06 Å². The Hall–Kier alpha value is -0.610. The third kappa shape index (κ3) is 1.42. The van der Waals surface area contributed by atoms with E-state index in [9.17, 15) is 4.79 Å². The lowest BCUT2D eigenvalue weighted by molar-refractivity contribution is -0.181. The molecule has 0 N–H and O–H groups in total. The lowest BCUT2D eigenvalue weighted by atomic mass is 9.80. The highest BCUT2D eigenvalue weighted by Crippen LogP contribution is 2.40. The van der Waals surface area contributed by atoms with E-state index >= 15 is 0 Å². The summed E-state index contributed by atoms with van der Waals surface area (Å²) >= 11 is 0. The fraction of sp³-hybridized carbons (Fsp3) is 0.900. The highest BCUT2D eigenvalue weighted by molar-refractivity contribution is 5.82. The molecule has 0 radical (unpaired) electrons. The first-order valence-electron chi connectivity index (χ1n) is 5.23. The quantitative estimate of drug-likeness (QED) is 0.605. The Labute approximate surface area is 84.8 Å². The van der Waals surface area contributed by atoms with E-state index < -0.39 is 0 Å². The van der Waals surface area contributed by atoms with Gasteiger partial charge < -0.3 is 4.90 Å². The SMILES string of the molecule is CON(C)C(=O)C12CCCN(CC1)C2. The summed E-state index contributed by atoms with van der Waals surface area (Å²) < 4.78 is 0. The molecule has 0 aromatic rings. The van der Waals surface area contributed by atoms with Crippen molar-refractivity contribution < 1.29 is 9.63 Å². The second-order valence-electron chi connectivity index (χ2n) is 4.40. The number of fused-ring (bicyclic) bond motifs is 2. The molecule has 2 unspecified atom stereocenters. The van der Waals surface area contributed by atoms with E-state index in [0.717, 1.165) is 38.9 Å². The fourth-order valence-corrected chi connectivity index (χ4v) is 2.69. The molecule has 2 rings (SSSR count). The van der Waals surface area contributed by atoms with Crippen molar-refractivity contribution >= 4 is 5.91 Å². The molecule has 2 bridgehead atoms. The molecule has 0 aromatic carbocycles. The zero-order chi connectivity index (χ0) is 10.2. The highest BCUT2D eigenvalue weighted by Gasteiger charge is 2.47. The van der Waals surface area contributed by atoms with Gasteiger partial charge in [0.2, 0.25) is 0 Å². The number of nitrogens with zero attached hydrogens (tertiary/aromatic N) is 2. The first-order chi connectivity index (χ1) is 6.68. The first-order valence-corrected chi connectivity index (χ1v) is 5.23. The molecule has 1 amide bonds. The molecule has 4 heteroatoms. The third-order valence-corrected chi connectivity index (χ3v) is 3.58. The van der Waals surface area contributed by atoms with Gasteiger partial charge in [-0.15, -0.1) is 0 Å². The van der Waals surface area contributed by atoms with Crippen LogP contribution in [-0.4, -0.2) is 49.7 Å². The van der Waals surface area contributed by atoms with Crippen LogP contribution in [0.3, 0.4) is 0 Å². The molecule has 2 atom stereocenters. The predicted octanol–water partition coefficient (Wildman–Crippen LogP) is 0.492. The summed E-state index contributed by atoms with van der Waals surface area (Å²) in [5, 5.41) is 1.38. The van der Waals surface area contributed by atoms with E-state index in [0.29, 0.717) is 0 Å². The zero-order valence-electron chi connectivity index (χ0n) is 8.95. The molecule has 2 aliphatic heterocycles. The minimum atomic E-state index is -0.136. The van der Waals surface area contributed by atoms with Crippen molar-refractivity contribution in [3.63, 3.8) is 0 Å². The van der Waals surface area contributed by atoms with Gasteiger partial charge in [0.15, 0.2) is 0 Å². The number of hydroxylamine groups is 2. The van der Waals surface area contributed by atoms with E-state index in [1.165, 1.54) is 5.06 Å². The van der Waals surface area contributed by atoms with Crippen molar-refractivity contribution in [3.8, 4) is 0 Å². The maximum absolute atomic E-state index is 12.1. The van der Waals surface area contributed by atoms with Crippen molar-refractivity contribution in [2.75, 3.05) is 33.8 Å². The average Bonchev–Trinajstić information content (AvgIpc) is 2.53. The molecule has 0 aliphatic carbocycles. The molecule has 0 spiro atoms. The largest absolute Gasteiger partial charge is 0.302 e. The summed E-state index contributed by atoms with van der Waals surface area (Å²) in [6, 6.07) is 0. The van der Waals surface area contributed by atoms with Gasteiger partial charge in [0.25, 0.3) is 5.91 Å². The number of carbonyl (C=O) groups excluding carboxylic acids is 1. The molecule has 2 aliphatic rings. The fourth-order valence-electron chi connectivity index (χ4n) is 2.69. The third-order valence-electron chi connectivity index (χ3n) is 3.58. The normalized spacial score (nSPS) is 35.7. The Balaban J connectivity index is 2.12. The smallest absolute Gasteiger partial charge is 0.253 e. The monoisotopic (exact) mass is 198 g/mol. The summed E-state index contributed by atoms with van der Waals surface area (Å²) in [5.74, 6) is 0.155. The van der Waals surface area contributed by atoms with Gasteiger partial charge in [-0.3, -0.25) is 9.63 Å². The molecule has 0 aromatic heterocycles. The summed E-state index contributed by atoms with van der Waals surface area (Å²) in [6.07, 6.45) is 3.17. The van der Waals surface area contributed by atoms with Crippen molar-refractivity contribution in [3.05, 3.63) is 0 Å². The molecule has 4 nitrogen and oxygen atoms in total. The second kappa shape index (κ2) is 3.51. The number of carbonyl (C=O) groups is 1. The maximum atomic E-state index is 12.1. The van der Waals surface area contributed by atoms with Gasteiger partial charge in [-0.2, -0.15) is 0 Å². The summed E-state index contributed by atoms with van der Waals surface area (Å²) in [7, 11) is 3.25. The van der Waals surface area contributed by atoms with Gasteiger partial charge in [-0.1, -0.05) is 0 Å². The standard InChI is InChI=1S/C10H18N2O2/c1-11(14-2)9(13)10-4-3-6-12(8-10)7-5-10/h3-8H2,1-2H3. The highest BCUT2D eigenvalue weighted by atomic mass is 16.7. The molecule has 2 heterocycles. The first kappa shape index (κ1) is 9.93. The van der Waals surface area contributed by atoms with E-state index in [4.69, 9.17) is 4.84 Å². The number of hydrogen-bond acceptors (Lipinski definition) is 3. The van der Waals surface area contributed by atoms with Gasteiger partial charge in [-0.05, 0) is 32.4 Å². The molecular weight excluding hydrogens is 180 g/mol. The van der Waals surface area contributed by atoms with E-state index in [1.807, 2.05) is 0 Å². The number of amides is 1. The van der Waals surface area contributed by atoms with Gasteiger partial charge in [0.1, 0.15) is 0 Å². The van der Waals surface area contributed by atoms with Crippen molar-refractivity contribution in [1.29, 1.82) is 0 Å². The second-order valence-corrected chi connectivity index (χ2v) is 4.40. The van der Waals surface area contributed by atoms with Crippen LogP contribution in [0.1, 0.15) is 19.3 Å². The van der Waals surface area contributed by atoms with Gasteiger partial charge in [0, 0.05) is 13.6 Å². The Morgan fingerprint density at radius 1 is 1.43 bits per heavy atom.